The molecule has 1 amide bonds. The second-order valence-electron chi connectivity index (χ2n) is 11.1. The first-order chi connectivity index (χ1) is 22.1. The van der Waals surface area contributed by atoms with Gasteiger partial charge in [-0.3, -0.25) is 19.6 Å². The molecule has 0 spiro atoms. The molecular formula is C33H43N5O8S. The van der Waals surface area contributed by atoms with Crippen LogP contribution in [0.25, 0.3) is 0 Å². The highest BCUT2D eigenvalue weighted by molar-refractivity contribution is 7.85. The lowest BCUT2D eigenvalue weighted by atomic mass is 9.81. The van der Waals surface area contributed by atoms with Crippen molar-refractivity contribution in [2.45, 2.75) is 45.1 Å². The molecule has 3 aromatic rings. The number of carboxylic acid groups (broad SMARTS) is 1. The van der Waals surface area contributed by atoms with Gasteiger partial charge in [0.25, 0.3) is 10.1 Å². The highest BCUT2D eigenvalue weighted by atomic mass is 32.2. The molecule has 0 aromatic heterocycles. The summed E-state index contributed by atoms with van der Waals surface area (Å²) in [6.45, 7) is 2.16. The number of anilines is 1. The molecule has 254 valence electrons. The summed E-state index contributed by atoms with van der Waals surface area (Å²) in [4.78, 5) is 35.2. The number of hydrogen-bond acceptors (Lipinski definition) is 8. The van der Waals surface area contributed by atoms with E-state index in [1.807, 2.05) is 48.5 Å². The summed E-state index contributed by atoms with van der Waals surface area (Å²) < 4.78 is 31.7. The Morgan fingerprint density at radius 2 is 1.53 bits per heavy atom. The highest BCUT2D eigenvalue weighted by Gasteiger charge is 2.29. The third-order valence-corrected chi connectivity index (χ3v) is 7.05. The van der Waals surface area contributed by atoms with Crippen molar-refractivity contribution in [2.75, 3.05) is 18.5 Å². The van der Waals surface area contributed by atoms with E-state index in [4.69, 9.17) is 26.2 Å². The van der Waals surface area contributed by atoms with E-state index >= 15 is 0 Å². The van der Waals surface area contributed by atoms with Gasteiger partial charge in [0.2, 0.25) is 5.91 Å². The van der Waals surface area contributed by atoms with Gasteiger partial charge in [-0.25, -0.2) is 4.79 Å². The van der Waals surface area contributed by atoms with Crippen LogP contribution >= 0.6 is 0 Å². The van der Waals surface area contributed by atoms with Crippen LogP contribution in [0.2, 0.25) is 0 Å². The summed E-state index contributed by atoms with van der Waals surface area (Å²) in [5.41, 5.74) is 12.9. The number of Topliss-reactive ketones (excluding diaryl/α,β-unsaturated/α-hetero) is 1. The minimum Gasteiger partial charge on any atom is -0.480 e. The molecule has 3 aromatic carbocycles. The number of guanidine groups is 1. The maximum Gasteiger partial charge on any atom is 0.326 e. The van der Waals surface area contributed by atoms with Crippen molar-refractivity contribution in [3.8, 4) is 11.5 Å². The van der Waals surface area contributed by atoms with Gasteiger partial charge >= 0.3 is 5.97 Å². The monoisotopic (exact) mass is 669 g/mol. The summed E-state index contributed by atoms with van der Waals surface area (Å²) in [6, 6.07) is 22.5. The Bertz CT molecular complexity index is 1570. The van der Waals surface area contributed by atoms with Gasteiger partial charge in [-0.2, -0.15) is 8.42 Å². The van der Waals surface area contributed by atoms with E-state index in [2.05, 4.69) is 10.6 Å². The largest absolute Gasteiger partial charge is 0.480 e. The molecule has 0 saturated heterocycles. The smallest absolute Gasteiger partial charge is 0.326 e. The molecule has 47 heavy (non-hydrogen) atoms. The molecule has 0 bridgehead atoms. The van der Waals surface area contributed by atoms with Gasteiger partial charge in [0.1, 0.15) is 17.5 Å². The predicted octanol–water partition coefficient (Wildman–Crippen LogP) is 3.86. The van der Waals surface area contributed by atoms with Gasteiger partial charge in [0.05, 0.1) is 6.26 Å². The van der Waals surface area contributed by atoms with Gasteiger partial charge in [-0.1, -0.05) is 30.3 Å². The number of amides is 1. The third kappa shape index (κ3) is 16.3. The standard InChI is InChI=1S/C24H30N4O4.C8H9NO.CH4O3S/c25-24(26)27-15-16-9-11-18(12-10-16)22(29)28-21(23(30)31)14-17-5-4-8-20(13-17)32-19-6-2-1-3-7-19;1-6(10)7-2-4-8(9)5-3-7;1-5(2,3)4/h1-8,13,16,18,21H,9-12,14-15H2,(H,28,29)(H,30,31)(H4,25,26,27);2-5H,9H2,1H3;1H3,(H,2,3,4)/t16-,18-,21?;;. The molecule has 0 aliphatic heterocycles. The van der Waals surface area contributed by atoms with Crippen LogP contribution in [0.4, 0.5) is 5.69 Å². The van der Waals surface area contributed by atoms with Gasteiger partial charge in [-0.15, -0.1) is 0 Å². The van der Waals surface area contributed by atoms with E-state index in [1.54, 1.807) is 30.3 Å². The van der Waals surface area contributed by atoms with E-state index in [0.29, 0.717) is 54.3 Å². The molecule has 1 unspecified atom stereocenters. The number of ether oxygens (including phenoxy) is 1. The second kappa shape index (κ2) is 18.9. The van der Waals surface area contributed by atoms with Crippen molar-refractivity contribution in [3.05, 3.63) is 90.0 Å². The first-order valence-electron chi connectivity index (χ1n) is 14.8. The highest BCUT2D eigenvalue weighted by Crippen LogP contribution is 2.29. The first kappa shape index (κ1) is 38.2. The normalized spacial score (nSPS) is 16.1. The number of nitrogen functional groups attached to an aromatic ring is 1. The van der Waals surface area contributed by atoms with Gasteiger partial charge in [-0.05, 0) is 92.6 Å². The molecule has 1 atom stereocenters. The van der Waals surface area contributed by atoms with Crippen LogP contribution in [0.3, 0.4) is 0 Å². The molecule has 1 saturated carbocycles. The van der Waals surface area contributed by atoms with Gasteiger partial charge in [0.15, 0.2) is 11.7 Å². The van der Waals surface area contributed by atoms with E-state index in [0.717, 1.165) is 18.4 Å². The first-order valence-corrected chi connectivity index (χ1v) is 16.7. The van der Waals surface area contributed by atoms with E-state index in [1.165, 1.54) is 6.92 Å². The maximum absolute atomic E-state index is 12.7. The quantitative estimate of drug-likeness (QED) is 0.0538. The summed E-state index contributed by atoms with van der Waals surface area (Å²) in [7, 11) is -3.67. The average molecular weight is 670 g/mol. The Kier molecular flexibility index (Phi) is 15.4. The molecule has 0 radical (unpaired) electrons. The average Bonchev–Trinajstić information content (AvgIpc) is 3.00. The van der Waals surface area contributed by atoms with Crippen LogP contribution in [0.5, 0.6) is 11.5 Å². The van der Waals surface area contributed by atoms with Crippen LogP contribution in [-0.4, -0.2) is 60.5 Å². The molecule has 14 heteroatoms. The lowest BCUT2D eigenvalue weighted by Gasteiger charge is -2.28. The van der Waals surface area contributed by atoms with Crippen LogP contribution < -0.4 is 26.8 Å². The van der Waals surface area contributed by atoms with Crippen molar-refractivity contribution in [2.24, 2.45) is 17.6 Å². The number of carbonyl (C=O) groups is 3. The topological polar surface area (TPSA) is 235 Å². The van der Waals surface area contributed by atoms with Crippen LogP contribution in [-0.2, 0) is 26.1 Å². The summed E-state index contributed by atoms with van der Waals surface area (Å²) >= 11 is 0. The van der Waals surface area contributed by atoms with Crippen molar-refractivity contribution in [1.29, 1.82) is 5.41 Å². The molecule has 1 aliphatic carbocycles. The number of carboxylic acids is 1. The number of benzene rings is 3. The Balaban J connectivity index is 0.000000421. The summed E-state index contributed by atoms with van der Waals surface area (Å²) in [6.07, 6.45) is 3.97. The fraction of sp³-hybridized carbons (Fsp3) is 0.333. The van der Waals surface area contributed by atoms with E-state index in [9.17, 15) is 27.9 Å². The SMILES string of the molecule is CC(=O)c1ccc(N)cc1.CS(=O)(=O)O.N=C(N)NC[C@H]1CC[C@H](C(=O)NC(Cc2cccc(Oc3ccccc3)c2)C(=O)O)CC1. The van der Waals surface area contributed by atoms with E-state index < -0.39 is 22.1 Å². The second-order valence-corrected chi connectivity index (χ2v) is 12.6. The number of nitrogens with two attached hydrogens (primary N) is 2. The van der Waals surface area contributed by atoms with Crippen LogP contribution in [0.15, 0.2) is 78.9 Å². The predicted molar refractivity (Wildman–Crippen MR) is 180 cm³/mol. The maximum atomic E-state index is 12.7. The van der Waals surface area contributed by atoms with E-state index in [-0.39, 0.29) is 30.0 Å². The molecular weight excluding hydrogens is 626 g/mol. The molecule has 13 nitrogen and oxygen atoms in total. The summed E-state index contributed by atoms with van der Waals surface area (Å²) in [5.74, 6) is 0.221. The third-order valence-electron chi connectivity index (χ3n) is 7.05. The number of nitrogens with one attached hydrogen (secondary N) is 3. The minimum atomic E-state index is -3.67. The molecule has 0 heterocycles. The Hall–Kier alpha value is -4.95. The zero-order valence-corrected chi connectivity index (χ0v) is 27.2. The number of ketones is 1. The Morgan fingerprint density at radius 1 is 0.957 bits per heavy atom. The zero-order valence-electron chi connectivity index (χ0n) is 26.4. The van der Waals surface area contributed by atoms with Crippen molar-refractivity contribution < 1.29 is 37.2 Å². The number of aliphatic carboxylic acids is 1. The molecule has 1 fully saturated rings. The van der Waals surface area contributed by atoms with Gasteiger partial charge < -0.3 is 31.9 Å². The summed E-state index contributed by atoms with van der Waals surface area (Å²) in [5, 5.41) is 22.4. The van der Waals surface area contributed by atoms with Crippen molar-refractivity contribution in [1.82, 2.24) is 10.6 Å². The molecule has 1 aliphatic rings. The fourth-order valence-electron chi connectivity index (χ4n) is 4.69. The van der Waals surface area contributed by atoms with Crippen LogP contribution in [0.1, 0.15) is 48.5 Å². The number of para-hydroxylation sites is 1. The lowest BCUT2D eigenvalue weighted by Crippen LogP contribution is -2.46. The minimum absolute atomic E-state index is 0.0487. The zero-order chi connectivity index (χ0) is 35.0. The Morgan fingerprint density at radius 3 is 2.06 bits per heavy atom. The van der Waals surface area contributed by atoms with Crippen molar-refractivity contribution >= 4 is 39.4 Å². The molecule has 9 N–H and O–H groups in total. The number of rotatable bonds is 10. The number of carbonyl (C=O) groups excluding carboxylic acids is 2. The lowest BCUT2D eigenvalue weighted by molar-refractivity contribution is -0.142. The van der Waals surface area contributed by atoms with Gasteiger partial charge in [0, 0.05) is 30.1 Å². The van der Waals surface area contributed by atoms with Crippen molar-refractivity contribution in [3.63, 3.8) is 0 Å². The number of hydrogen-bond donors (Lipinski definition) is 7. The fourth-order valence-corrected chi connectivity index (χ4v) is 4.69. The Labute approximate surface area is 275 Å². The molecule has 4 rings (SSSR count). The van der Waals surface area contributed by atoms with Crippen LogP contribution in [0, 0.1) is 17.2 Å².